The van der Waals surface area contributed by atoms with Crippen LogP contribution in [0.15, 0.2) is 55.0 Å². The van der Waals surface area contributed by atoms with Gasteiger partial charge in [0.2, 0.25) is 0 Å². The van der Waals surface area contributed by atoms with Crippen molar-refractivity contribution in [1.82, 2.24) is 30.0 Å². The molecule has 2 saturated heterocycles. The maximum absolute atomic E-state index is 13.1. The predicted molar refractivity (Wildman–Crippen MR) is 144 cm³/mol. The van der Waals surface area contributed by atoms with Crippen LogP contribution in [0.5, 0.6) is 0 Å². The minimum Gasteiger partial charge on any atom is -0.379 e. The van der Waals surface area contributed by atoms with Crippen LogP contribution in [0.4, 0.5) is 5.69 Å². The van der Waals surface area contributed by atoms with Gasteiger partial charge in [-0.2, -0.15) is 5.10 Å². The summed E-state index contributed by atoms with van der Waals surface area (Å²) in [5.41, 5.74) is 5.88. The first-order valence-corrected chi connectivity index (χ1v) is 13.0. The summed E-state index contributed by atoms with van der Waals surface area (Å²) in [4.78, 5) is 26.8. The van der Waals surface area contributed by atoms with Gasteiger partial charge in [0.25, 0.3) is 5.91 Å². The second kappa shape index (κ2) is 11.4. The van der Waals surface area contributed by atoms with Crippen LogP contribution >= 0.6 is 0 Å². The topological polar surface area (TPSA) is 109 Å². The highest BCUT2D eigenvalue weighted by atomic mass is 16.5. The first kappa shape index (κ1) is 24.6. The van der Waals surface area contributed by atoms with Crippen molar-refractivity contribution in [2.45, 2.75) is 13.1 Å². The summed E-state index contributed by atoms with van der Waals surface area (Å²) in [5, 5.41) is 11.0. The Morgan fingerprint density at radius 1 is 0.868 bits per heavy atom. The highest BCUT2D eigenvalue weighted by Crippen LogP contribution is 2.26. The molecule has 0 saturated carbocycles. The van der Waals surface area contributed by atoms with Gasteiger partial charge in [-0.3, -0.25) is 29.7 Å². The van der Waals surface area contributed by atoms with E-state index in [9.17, 15) is 4.79 Å². The molecule has 0 spiro atoms. The van der Waals surface area contributed by atoms with Gasteiger partial charge in [0, 0.05) is 62.6 Å². The van der Waals surface area contributed by atoms with Gasteiger partial charge in [-0.25, -0.2) is 0 Å². The van der Waals surface area contributed by atoms with Crippen LogP contribution in [-0.4, -0.2) is 88.5 Å². The van der Waals surface area contributed by atoms with Crippen LogP contribution in [0.2, 0.25) is 0 Å². The lowest BCUT2D eigenvalue weighted by Crippen LogP contribution is -2.35. The fourth-order valence-electron chi connectivity index (χ4n) is 4.89. The number of morpholine rings is 2. The number of ether oxygens (including phenoxy) is 2. The summed E-state index contributed by atoms with van der Waals surface area (Å²) in [5.74, 6) is -0.282. The maximum Gasteiger partial charge on any atom is 0.276 e. The number of amides is 1. The molecular formula is C28H31N7O3. The normalized spacial score (nSPS) is 17.1. The van der Waals surface area contributed by atoms with Crippen molar-refractivity contribution in [2.75, 3.05) is 57.9 Å². The van der Waals surface area contributed by atoms with Crippen LogP contribution in [0, 0.1) is 0 Å². The van der Waals surface area contributed by atoms with E-state index in [1.165, 1.54) is 0 Å². The van der Waals surface area contributed by atoms with E-state index in [0.717, 1.165) is 99.0 Å². The molecule has 0 atom stereocenters. The highest BCUT2D eigenvalue weighted by Gasteiger charge is 2.17. The zero-order valence-electron chi connectivity index (χ0n) is 21.2. The maximum atomic E-state index is 13.1. The Kier molecular flexibility index (Phi) is 7.36. The van der Waals surface area contributed by atoms with Crippen molar-refractivity contribution in [3.8, 4) is 11.1 Å². The summed E-state index contributed by atoms with van der Waals surface area (Å²) in [6, 6.07) is 12.0. The van der Waals surface area contributed by atoms with Crippen molar-refractivity contribution in [3.05, 3.63) is 71.9 Å². The lowest BCUT2D eigenvalue weighted by molar-refractivity contribution is 0.0336. The molecule has 10 heteroatoms. The molecule has 5 heterocycles. The van der Waals surface area contributed by atoms with Crippen LogP contribution in [0.3, 0.4) is 0 Å². The second-order valence-corrected chi connectivity index (χ2v) is 9.68. The van der Waals surface area contributed by atoms with Crippen LogP contribution in [0.25, 0.3) is 22.0 Å². The molecule has 0 unspecified atom stereocenters. The van der Waals surface area contributed by atoms with E-state index in [2.05, 4.69) is 41.3 Å². The Bertz CT molecular complexity index is 1390. The SMILES string of the molecule is O=C(Nc1ccc(CN2CCOCC2)nc1)c1n[nH]c2ccc(-c3cncc(CN4CCOCC4)c3)cc12. The largest absolute Gasteiger partial charge is 0.379 e. The minimum atomic E-state index is -0.282. The van der Waals surface area contributed by atoms with E-state index in [0.29, 0.717) is 11.4 Å². The number of benzene rings is 1. The number of rotatable bonds is 7. The van der Waals surface area contributed by atoms with Gasteiger partial charge in [0.05, 0.1) is 49.5 Å². The van der Waals surface area contributed by atoms with E-state index < -0.39 is 0 Å². The first-order chi connectivity index (χ1) is 18.7. The van der Waals surface area contributed by atoms with Crippen molar-refractivity contribution >= 4 is 22.5 Å². The number of aromatic nitrogens is 4. The Balaban J connectivity index is 1.16. The number of pyridine rings is 2. The molecule has 6 rings (SSSR count). The molecule has 2 aliphatic heterocycles. The third-order valence-electron chi connectivity index (χ3n) is 6.99. The lowest BCUT2D eigenvalue weighted by atomic mass is 10.0. The van der Waals surface area contributed by atoms with Gasteiger partial charge in [0.1, 0.15) is 0 Å². The monoisotopic (exact) mass is 513 g/mol. The van der Waals surface area contributed by atoms with Gasteiger partial charge in [-0.05, 0) is 41.5 Å². The highest BCUT2D eigenvalue weighted by molar-refractivity contribution is 6.11. The molecule has 2 aliphatic rings. The Morgan fingerprint density at radius 2 is 1.63 bits per heavy atom. The van der Waals surface area contributed by atoms with Crippen molar-refractivity contribution in [1.29, 1.82) is 0 Å². The van der Waals surface area contributed by atoms with Crippen LogP contribution in [-0.2, 0) is 22.6 Å². The fraction of sp³-hybridized carbons (Fsp3) is 0.357. The predicted octanol–water partition coefficient (Wildman–Crippen LogP) is 2.94. The molecule has 4 aromatic rings. The molecule has 38 heavy (non-hydrogen) atoms. The molecule has 10 nitrogen and oxygen atoms in total. The fourth-order valence-corrected chi connectivity index (χ4v) is 4.89. The first-order valence-electron chi connectivity index (χ1n) is 13.0. The van der Waals surface area contributed by atoms with Crippen molar-refractivity contribution in [3.63, 3.8) is 0 Å². The molecule has 0 aliphatic carbocycles. The lowest BCUT2D eigenvalue weighted by Gasteiger charge is -2.26. The number of anilines is 1. The van der Waals surface area contributed by atoms with Gasteiger partial charge in [0.15, 0.2) is 5.69 Å². The minimum absolute atomic E-state index is 0.282. The zero-order valence-corrected chi connectivity index (χ0v) is 21.2. The van der Waals surface area contributed by atoms with Gasteiger partial charge in [-0.1, -0.05) is 6.07 Å². The Labute approximate surface area is 221 Å². The number of aromatic amines is 1. The Hall–Kier alpha value is -3.70. The molecule has 3 aromatic heterocycles. The molecule has 1 aromatic carbocycles. The average molecular weight is 514 g/mol. The summed E-state index contributed by atoms with van der Waals surface area (Å²) in [6.45, 7) is 8.32. The van der Waals surface area contributed by atoms with Crippen molar-refractivity contribution < 1.29 is 14.3 Å². The second-order valence-electron chi connectivity index (χ2n) is 9.68. The molecule has 0 radical (unpaired) electrons. The quantitative estimate of drug-likeness (QED) is 0.388. The van der Waals surface area contributed by atoms with Gasteiger partial charge >= 0.3 is 0 Å². The number of hydrogen-bond donors (Lipinski definition) is 2. The number of carbonyl (C=O) groups is 1. The van der Waals surface area contributed by atoms with Gasteiger partial charge < -0.3 is 14.8 Å². The number of nitrogens with one attached hydrogen (secondary N) is 2. The van der Waals surface area contributed by atoms with Gasteiger partial charge in [-0.15, -0.1) is 0 Å². The number of fused-ring (bicyclic) bond motifs is 1. The van der Waals surface area contributed by atoms with E-state index >= 15 is 0 Å². The molecular weight excluding hydrogens is 482 g/mol. The zero-order chi connectivity index (χ0) is 25.7. The third kappa shape index (κ3) is 5.73. The summed E-state index contributed by atoms with van der Waals surface area (Å²) < 4.78 is 10.9. The van der Waals surface area contributed by atoms with E-state index in [-0.39, 0.29) is 5.91 Å². The van der Waals surface area contributed by atoms with E-state index in [1.54, 1.807) is 6.20 Å². The molecule has 196 valence electrons. The molecule has 1 amide bonds. The smallest absolute Gasteiger partial charge is 0.276 e. The number of H-pyrrole nitrogens is 1. The number of hydrogen-bond acceptors (Lipinski definition) is 8. The third-order valence-corrected chi connectivity index (χ3v) is 6.99. The molecule has 2 N–H and O–H groups in total. The van der Waals surface area contributed by atoms with Crippen molar-refractivity contribution in [2.24, 2.45) is 0 Å². The van der Waals surface area contributed by atoms with Crippen LogP contribution in [0.1, 0.15) is 21.7 Å². The Morgan fingerprint density at radius 3 is 2.37 bits per heavy atom. The summed E-state index contributed by atoms with van der Waals surface area (Å²) >= 11 is 0. The van der Waals surface area contributed by atoms with Crippen LogP contribution < -0.4 is 5.32 Å². The average Bonchev–Trinajstić information content (AvgIpc) is 3.39. The van der Waals surface area contributed by atoms with E-state index in [1.807, 2.05) is 42.7 Å². The molecule has 0 bridgehead atoms. The molecule has 2 fully saturated rings. The summed E-state index contributed by atoms with van der Waals surface area (Å²) in [7, 11) is 0. The number of nitrogens with zero attached hydrogens (tertiary/aromatic N) is 5. The standard InChI is InChI=1S/C28H31N7O3/c36-28(31-23-2-3-24(30-17-23)19-35-7-11-38-12-8-35)27-25-14-21(1-4-26(25)32-33-27)22-13-20(15-29-16-22)18-34-5-9-37-10-6-34/h1-4,13-17H,5-12,18-19H2,(H,31,36)(H,32,33). The number of carbonyl (C=O) groups excluding carboxylic acids is 1. The van der Waals surface area contributed by atoms with E-state index in [4.69, 9.17) is 9.47 Å². The summed E-state index contributed by atoms with van der Waals surface area (Å²) in [6.07, 6.45) is 5.46.